The Morgan fingerprint density at radius 1 is 1.17 bits per heavy atom. The van der Waals surface area contributed by atoms with Crippen molar-refractivity contribution in [2.24, 2.45) is 4.99 Å². The van der Waals surface area contributed by atoms with Crippen molar-refractivity contribution in [1.29, 1.82) is 0 Å². The highest BCUT2D eigenvalue weighted by Gasteiger charge is 2.29. The van der Waals surface area contributed by atoms with Crippen molar-refractivity contribution in [2.75, 3.05) is 19.8 Å². The van der Waals surface area contributed by atoms with Crippen LogP contribution >= 0.6 is 0 Å². The van der Waals surface area contributed by atoms with Gasteiger partial charge in [-0.25, -0.2) is 17.2 Å². The second-order valence-electron chi connectivity index (χ2n) is 7.17. The van der Waals surface area contributed by atoms with Crippen molar-refractivity contribution in [1.82, 2.24) is 10.2 Å². The van der Waals surface area contributed by atoms with Crippen LogP contribution < -0.4 is 10.1 Å². The van der Waals surface area contributed by atoms with E-state index < -0.39 is 21.5 Å². The lowest BCUT2D eigenvalue weighted by Gasteiger charge is -2.32. The SMILES string of the molecule is CN1C=C(c2cc(S(C)(=O)=O)ccc2Oc2ccc(F)cc2F)C2N=CNC=C2C1. The third-order valence-electron chi connectivity index (χ3n) is 4.81. The maximum absolute atomic E-state index is 14.2. The normalized spacial score (nSPS) is 18.3. The molecule has 2 aromatic carbocycles. The lowest BCUT2D eigenvalue weighted by molar-refractivity contribution is 0.434. The van der Waals surface area contributed by atoms with Crippen LogP contribution in [0, 0.1) is 11.6 Å². The minimum Gasteiger partial charge on any atom is -0.454 e. The molecule has 0 fully saturated rings. The van der Waals surface area contributed by atoms with Crippen LogP contribution in [0.25, 0.3) is 5.57 Å². The van der Waals surface area contributed by atoms with Gasteiger partial charge in [0.1, 0.15) is 17.6 Å². The molecule has 6 nitrogen and oxygen atoms in total. The second kappa shape index (κ2) is 7.56. The number of halogens is 2. The Morgan fingerprint density at radius 3 is 2.67 bits per heavy atom. The predicted molar refractivity (Wildman–Crippen MR) is 110 cm³/mol. The standard InChI is InChI=1S/C21H19F2N3O3S/c1-26-10-13-9-24-12-25-21(13)17(11-26)16-8-15(30(2,27)28)4-6-19(16)29-20-5-3-14(22)7-18(20)23/h3-9,11-12,21H,10H2,1-2H3,(H,24,25). The Kier molecular flexibility index (Phi) is 5.07. The summed E-state index contributed by atoms with van der Waals surface area (Å²) in [5.41, 5.74) is 2.15. The Morgan fingerprint density at radius 2 is 1.93 bits per heavy atom. The van der Waals surface area contributed by atoms with E-state index >= 15 is 0 Å². The average molecular weight is 431 g/mol. The van der Waals surface area contributed by atoms with Crippen molar-refractivity contribution < 1.29 is 21.9 Å². The number of benzene rings is 2. The van der Waals surface area contributed by atoms with E-state index in [1.165, 1.54) is 24.3 Å². The number of hydrogen-bond donors (Lipinski definition) is 1. The van der Waals surface area contributed by atoms with Gasteiger partial charge in [0.15, 0.2) is 21.4 Å². The highest BCUT2D eigenvalue weighted by molar-refractivity contribution is 7.90. The number of ether oxygens (including phenoxy) is 1. The van der Waals surface area contributed by atoms with E-state index in [1.54, 1.807) is 6.34 Å². The molecular weight excluding hydrogens is 412 g/mol. The van der Waals surface area contributed by atoms with Gasteiger partial charge in [-0.2, -0.15) is 0 Å². The number of sulfone groups is 1. The molecule has 2 aromatic rings. The fourth-order valence-corrected chi connectivity index (χ4v) is 4.09. The molecule has 2 heterocycles. The lowest BCUT2D eigenvalue weighted by atomic mass is 9.90. The molecule has 0 saturated heterocycles. The van der Waals surface area contributed by atoms with Crippen LogP contribution in [0.15, 0.2) is 64.3 Å². The maximum atomic E-state index is 14.2. The highest BCUT2D eigenvalue weighted by atomic mass is 32.2. The summed E-state index contributed by atoms with van der Waals surface area (Å²) in [6.45, 7) is 0.646. The first-order valence-electron chi connectivity index (χ1n) is 9.08. The van der Waals surface area contributed by atoms with Crippen molar-refractivity contribution >= 4 is 21.7 Å². The summed E-state index contributed by atoms with van der Waals surface area (Å²) in [7, 11) is -1.61. The summed E-state index contributed by atoms with van der Waals surface area (Å²) >= 11 is 0. The molecule has 30 heavy (non-hydrogen) atoms. The van der Waals surface area contributed by atoms with E-state index in [-0.39, 0.29) is 22.4 Å². The van der Waals surface area contributed by atoms with Crippen LogP contribution in [-0.2, 0) is 9.84 Å². The number of likely N-dealkylation sites (N-methyl/N-ethyl adjacent to an activating group) is 1. The van der Waals surface area contributed by atoms with Gasteiger partial charge in [-0.05, 0) is 35.9 Å². The molecule has 1 unspecified atom stereocenters. The van der Waals surface area contributed by atoms with E-state index in [1.807, 2.05) is 24.3 Å². The molecule has 0 radical (unpaired) electrons. The Hall–Kier alpha value is -3.20. The number of hydrogen-bond acceptors (Lipinski definition) is 6. The number of fused-ring (bicyclic) bond motifs is 1. The molecular formula is C21H19F2N3O3S. The molecule has 0 aliphatic carbocycles. The quantitative estimate of drug-likeness (QED) is 0.804. The molecule has 9 heteroatoms. The Bertz CT molecular complexity index is 1210. The van der Waals surface area contributed by atoms with Crippen LogP contribution in [0.5, 0.6) is 11.5 Å². The molecule has 0 saturated carbocycles. The molecule has 2 aliphatic rings. The van der Waals surface area contributed by atoms with Crippen molar-refractivity contribution in [3.8, 4) is 11.5 Å². The van der Waals surface area contributed by atoms with Crippen LogP contribution in [0.4, 0.5) is 8.78 Å². The first-order valence-corrected chi connectivity index (χ1v) is 11.0. The molecule has 4 rings (SSSR count). The second-order valence-corrected chi connectivity index (χ2v) is 9.19. The zero-order valence-corrected chi connectivity index (χ0v) is 17.1. The first-order chi connectivity index (χ1) is 14.2. The van der Waals surface area contributed by atoms with Gasteiger partial charge in [-0.1, -0.05) is 0 Å². The monoisotopic (exact) mass is 431 g/mol. The highest BCUT2D eigenvalue weighted by Crippen LogP contribution is 2.39. The van der Waals surface area contributed by atoms with Gasteiger partial charge in [-0.3, -0.25) is 4.99 Å². The van der Waals surface area contributed by atoms with Gasteiger partial charge in [0.25, 0.3) is 0 Å². The van der Waals surface area contributed by atoms with Crippen molar-refractivity contribution in [3.05, 3.63) is 71.6 Å². The molecule has 0 amide bonds. The van der Waals surface area contributed by atoms with Gasteiger partial charge >= 0.3 is 0 Å². The summed E-state index contributed by atoms with van der Waals surface area (Å²) in [6, 6.07) is 7.03. The van der Waals surface area contributed by atoms with Crippen LogP contribution in [0.2, 0.25) is 0 Å². The van der Waals surface area contributed by atoms with E-state index in [9.17, 15) is 17.2 Å². The average Bonchev–Trinajstić information content (AvgIpc) is 2.69. The zero-order chi connectivity index (χ0) is 21.5. The third kappa shape index (κ3) is 3.93. The molecule has 0 aromatic heterocycles. The van der Waals surface area contributed by atoms with Gasteiger partial charge in [0.2, 0.25) is 0 Å². The minimum atomic E-state index is -3.50. The molecule has 0 spiro atoms. The molecule has 1 atom stereocenters. The van der Waals surface area contributed by atoms with E-state index in [2.05, 4.69) is 10.3 Å². The number of rotatable bonds is 4. The molecule has 0 bridgehead atoms. The van der Waals surface area contributed by atoms with E-state index in [0.717, 1.165) is 24.0 Å². The number of nitrogens with zero attached hydrogens (tertiary/aromatic N) is 2. The third-order valence-corrected chi connectivity index (χ3v) is 5.92. The smallest absolute Gasteiger partial charge is 0.175 e. The van der Waals surface area contributed by atoms with Gasteiger partial charge in [-0.15, -0.1) is 0 Å². The van der Waals surface area contributed by atoms with Gasteiger partial charge in [0, 0.05) is 49.5 Å². The topological polar surface area (TPSA) is 71.0 Å². The Balaban J connectivity index is 1.86. The fourth-order valence-electron chi connectivity index (χ4n) is 3.44. The van der Waals surface area contributed by atoms with Gasteiger partial charge in [0.05, 0.1) is 11.2 Å². The minimum absolute atomic E-state index is 0.0991. The lowest BCUT2D eigenvalue weighted by Crippen LogP contribution is -2.32. The zero-order valence-electron chi connectivity index (χ0n) is 16.3. The summed E-state index contributed by atoms with van der Waals surface area (Å²) in [4.78, 5) is 6.52. The first kappa shape index (κ1) is 20.1. The predicted octanol–water partition coefficient (Wildman–Crippen LogP) is 3.33. The Labute approximate surface area is 173 Å². The molecule has 1 N–H and O–H groups in total. The van der Waals surface area contributed by atoms with E-state index in [0.29, 0.717) is 17.7 Å². The maximum Gasteiger partial charge on any atom is 0.175 e. The molecule has 2 aliphatic heterocycles. The summed E-state index contributed by atoms with van der Waals surface area (Å²) in [5.74, 6) is -1.51. The van der Waals surface area contributed by atoms with E-state index in [4.69, 9.17) is 4.74 Å². The van der Waals surface area contributed by atoms with Gasteiger partial charge < -0.3 is 15.0 Å². The largest absolute Gasteiger partial charge is 0.454 e. The number of aliphatic imine (C=N–C) groups is 1. The van der Waals surface area contributed by atoms with Crippen molar-refractivity contribution in [3.63, 3.8) is 0 Å². The van der Waals surface area contributed by atoms with Crippen LogP contribution in [0.1, 0.15) is 5.56 Å². The molecule has 156 valence electrons. The van der Waals surface area contributed by atoms with Crippen LogP contribution in [-0.4, -0.2) is 45.5 Å². The summed E-state index contributed by atoms with van der Waals surface area (Å²) in [5, 5.41) is 2.96. The summed E-state index contributed by atoms with van der Waals surface area (Å²) < 4.78 is 57.5. The number of nitrogens with one attached hydrogen (secondary N) is 1. The summed E-state index contributed by atoms with van der Waals surface area (Å²) in [6.07, 6.45) is 6.39. The van der Waals surface area contributed by atoms with Crippen LogP contribution in [0.3, 0.4) is 0 Å². The fraction of sp³-hybridized carbons (Fsp3) is 0.190. The van der Waals surface area contributed by atoms with Crippen molar-refractivity contribution in [2.45, 2.75) is 10.9 Å².